The summed E-state index contributed by atoms with van der Waals surface area (Å²) in [5, 5.41) is 14.2. The zero-order valence-corrected chi connectivity index (χ0v) is 44.2. The third-order valence-electron chi connectivity index (χ3n) is 8.04. The number of anilines is 2. The van der Waals surface area contributed by atoms with E-state index in [0.717, 1.165) is 16.8 Å². The number of hydrogen-bond donors (Lipinski definition) is 2. The number of aromatic nitrogens is 9. The van der Waals surface area contributed by atoms with Crippen LogP contribution in [0.25, 0.3) is 0 Å². The van der Waals surface area contributed by atoms with E-state index in [-0.39, 0.29) is 38.2 Å². The van der Waals surface area contributed by atoms with Crippen LogP contribution >= 0.6 is 133 Å². The van der Waals surface area contributed by atoms with E-state index in [9.17, 15) is 14.4 Å². The summed E-state index contributed by atoms with van der Waals surface area (Å²) in [5.74, 6) is 1.28. The number of nitrogens with zero attached hydrogens (tertiary/aromatic N) is 9. The molecular formula is C42H25Br4Cl6N11O4. The van der Waals surface area contributed by atoms with Crippen LogP contribution in [-0.4, -0.2) is 44.0 Å². The largest absolute Gasteiger partial charge is 0.439 e. The number of H-pyrrole nitrogens is 1. The Morgan fingerprint density at radius 3 is 1.73 bits per heavy atom. The summed E-state index contributed by atoms with van der Waals surface area (Å²) >= 11 is 46.3. The molecule has 15 nitrogen and oxygen atoms in total. The summed E-state index contributed by atoms with van der Waals surface area (Å²) in [5.41, 5.74) is 2.15. The minimum atomic E-state index is -0.269. The highest BCUT2D eigenvalue weighted by Crippen LogP contribution is 2.24. The van der Waals surface area contributed by atoms with Gasteiger partial charge in [0.1, 0.15) is 36.1 Å². The van der Waals surface area contributed by atoms with Crippen LogP contribution in [0.4, 0.5) is 11.6 Å². The molecular weight excluding hydrogens is 1250 g/mol. The smallest absolute Gasteiger partial charge is 0.269 e. The second-order valence-corrected chi connectivity index (χ2v) is 18.4. The zero-order valence-electron chi connectivity index (χ0n) is 33.3. The lowest BCUT2D eigenvalue weighted by Gasteiger charge is -2.14. The fourth-order valence-corrected chi connectivity index (χ4v) is 6.82. The SMILES string of the molecule is Clc1ncc(Br)c(Cl)n1.N#Cc1cccc(Oc2ccc(Nc3ncc(Br)c(=O)n3Cc3ccc(Cl)cc3)cc2)n1.O=c1[nH]c(Cl)ncc1Br.O=c1c(Br)cnc(Cl)n1Cc1ccc(Cl)cc1. The van der Waals surface area contributed by atoms with Crippen molar-refractivity contribution < 1.29 is 4.74 Å². The monoisotopic (exact) mass is 1270 g/mol. The first kappa shape index (κ1) is 53.2. The Morgan fingerprint density at radius 1 is 0.627 bits per heavy atom. The lowest BCUT2D eigenvalue weighted by Crippen LogP contribution is -2.24. The fourth-order valence-electron chi connectivity index (χ4n) is 4.92. The molecule has 8 rings (SSSR count). The van der Waals surface area contributed by atoms with Crippen LogP contribution < -0.4 is 26.7 Å². The number of hydrogen-bond acceptors (Lipinski definition) is 12. The van der Waals surface area contributed by atoms with Gasteiger partial charge < -0.3 is 10.1 Å². The summed E-state index contributed by atoms with van der Waals surface area (Å²) < 4.78 is 10.4. The average Bonchev–Trinajstić information content (AvgIpc) is 3.31. The lowest BCUT2D eigenvalue weighted by atomic mass is 10.2. The van der Waals surface area contributed by atoms with E-state index in [4.69, 9.17) is 79.6 Å². The number of aromatic amines is 1. The molecule has 0 aliphatic rings. The first-order chi connectivity index (χ1) is 32.0. The van der Waals surface area contributed by atoms with Crippen LogP contribution in [0.2, 0.25) is 31.0 Å². The van der Waals surface area contributed by atoms with E-state index in [0.29, 0.717) is 63.8 Å². The first-order valence-corrected chi connectivity index (χ1v) is 23.7. The second kappa shape index (κ2) is 26.1. The maximum atomic E-state index is 12.7. The van der Waals surface area contributed by atoms with Crippen molar-refractivity contribution in [2.45, 2.75) is 13.1 Å². The molecule has 0 bridgehead atoms. The number of nitrogens with one attached hydrogen (secondary N) is 2. The Bertz CT molecular complexity index is 3200. The van der Waals surface area contributed by atoms with Crippen molar-refractivity contribution in [2.75, 3.05) is 5.32 Å². The van der Waals surface area contributed by atoms with Gasteiger partial charge in [0, 0.05) is 34.2 Å². The number of halogens is 10. The summed E-state index contributed by atoms with van der Waals surface area (Å²) in [6, 6.07) is 28.6. The van der Waals surface area contributed by atoms with Crippen LogP contribution in [0.1, 0.15) is 16.8 Å². The van der Waals surface area contributed by atoms with Crippen molar-refractivity contribution in [2.24, 2.45) is 0 Å². The summed E-state index contributed by atoms with van der Waals surface area (Å²) in [6.45, 7) is 0.689. The van der Waals surface area contributed by atoms with Crippen molar-refractivity contribution in [1.29, 1.82) is 5.26 Å². The van der Waals surface area contributed by atoms with Crippen molar-refractivity contribution in [3.63, 3.8) is 0 Å². The third-order valence-corrected chi connectivity index (χ3v) is 12.0. The molecule has 25 heteroatoms. The number of nitriles is 1. The standard InChI is InChI=1S/C23H15BrClN5O2.C11H7BrCl2N2O.C4HBrCl2N2.C4H2BrClN2O/c24-20-13-27-23(30(22(20)31)14-15-4-6-16(25)7-5-15)29-17-8-10-19(11-9-17)32-21-3-1-2-18(12-26)28-21;12-9-5-15-11(14)16(10(9)17)6-7-1-3-8(13)4-2-7;5-2-1-8-4(7)9-3(2)6;5-2-1-7-4(6)8-3(2)9/h1-11,13H,14H2,(H,27,29);1-5H,6H2;1H;1H,(H,7,8,9). The molecule has 0 atom stereocenters. The molecule has 5 aromatic heterocycles. The maximum Gasteiger partial charge on any atom is 0.269 e. The molecule has 8 aromatic rings. The van der Waals surface area contributed by atoms with E-state index in [1.165, 1.54) is 33.9 Å². The molecule has 0 amide bonds. The van der Waals surface area contributed by atoms with Crippen LogP contribution in [0.15, 0.2) is 148 Å². The number of rotatable bonds is 8. The molecule has 0 saturated carbocycles. The predicted octanol–water partition coefficient (Wildman–Crippen LogP) is 12.6. The molecule has 0 fully saturated rings. The van der Waals surface area contributed by atoms with Gasteiger partial charge in [0.25, 0.3) is 16.7 Å². The van der Waals surface area contributed by atoms with Gasteiger partial charge in [-0.3, -0.25) is 28.5 Å². The Kier molecular flexibility index (Phi) is 20.8. The maximum absolute atomic E-state index is 12.7. The van der Waals surface area contributed by atoms with Crippen LogP contribution in [-0.2, 0) is 13.1 Å². The van der Waals surface area contributed by atoms with Gasteiger partial charge in [0.05, 0.1) is 30.0 Å². The van der Waals surface area contributed by atoms with E-state index in [1.54, 1.807) is 66.7 Å². The van der Waals surface area contributed by atoms with Crippen molar-refractivity contribution in [3.8, 4) is 17.7 Å². The third kappa shape index (κ3) is 16.8. The Balaban J connectivity index is 0.000000198. The molecule has 0 unspecified atom stereocenters. The van der Waals surface area contributed by atoms with Crippen molar-refractivity contribution in [1.82, 2.24) is 44.0 Å². The van der Waals surface area contributed by atoms with Gasteiger partial charge in [-0.1, -0.05) is 65.1 Å². The van der Waals surface area contributed by atoms with Crippen LogP contribution in [0.5, 0.6) is 11.6 Å². The first-order valence-electron chi connectivity index (χ1n) is 18.3. The molecule has 0 aliphatic heterocycles. The van der Waals surface area contributed by atoms with Gasteiger partial charge in [0.15, 0.2) is 0 Å². The quantitative estimate of drug-likeness (QED) is 0.108. The van der Waals surface area contributed by atoms with Gasteiger partial charge >= 0.3 is 0 Å². The highest BCUT2D eigenvalue weighted by Gasteiger charge is 2.12. The molecule has 342 valence electrons. The molecule has 2 N–H and O–H groups in total. The van der Waals surface area contributed by atoms with Crippen LogP contribution in [0.3, 0.4) is 0 Å². The van der Waals surface area contributed by atoms with Gasteiger partial charge in [-0.25, -0.2) is 29.9 Å². The Labute approximate surface area is 443 Å². The highest BCUT2D eigenvalue weighted by atomic mass is 79.9. The van der Waals surface area contributed by atoms with E-state index < -0.39 is 0 Å². The van der Waals surface area contributed by atoms with Crippen molar-refractivity contribution >= 4 is 145 Å². The summed E-state index contributed by atoms with van der Waals surface area (Å²) in [4.78, 5) is 60.7. The van der Waals surface area contributed by atoms with E-state index >= 15 is 0 Å². The topological polar surface area (TPSA) is 199 Å². The van der Waals surface area contributed by atoms with E-state index in [2.05, 4.69) is 104 Å². The molecule has 0 radical (unpaired) electrons. The Hall–Kier alpha value is -4.72. The van der Waals surface area contributed by atoms with Gasteiger partial charge in [-0.05, 0) is 164 Å². The van der Waals surface area contributed by atoms with Gasteiger partial charge in [-0.2, -0.15) is 5.26 Å². The Morgan fingerprint density at radius 2 is 1.18 bits per heavy atom. The molecule has 3 aromatic carbocycles. The number of pyridine rings is 1. The highest BCUT2D eigenvalue weighted by molar-refractivity contribution is 9.11. The molecule has 0 saturated heterocycles. The normalized spacial score (nSPS) is 10.2. The zero-order chi connectivity index (χ0) is 48.6. The second-order valence-electron chi connectivity index (χ2n) is 12.7. The summed E-state index contributed by atoms with van der Waals surface area (Å²) in [6.07, 6.45) is 5.70. The summed E-state index contributed by atoms with van der Waals surface area (Å²) in [7, 11) is 0. The molecule has 67 heavy (non-hydrogen) atoms. The van der Waals surface area contributed by atoms with Gasteiger partial charge in [-0.15, -0.1) is 0 Å². The average molecular weight is 1280 g/mol. The molecule has 0 aliphatic carbocycles. The minimum Gasteiger partial charge on any atom is -0.439 e. The lowest BCUT2D eigenvalue weighted by molar-refractivity contribution is 0.462. The van der Waals surface area contributed by atoms with Crippen molar-refractivity contribution in [3.05, 3.63) is 213 Å². The number of ether oxygens (including phenoxy) is 1. The number of benzene rings is 3. The predicted molar refractivity (Wildman–Crippen MR) is 275 cm³/mol. The van der Waals surface area contributed by atoms with Crippen LogP contribution in [0, 0.1) is 11.3 Å². The minimum absolute atomic E-state index is 0.100. The molecule has 0 spiro atoms. The molecule has 5 heterocycles. The fraction of sp³-hybridized carbons (Fsp3) is 0.0476. The van der Waals surface area contributed by atoms with Gasteiger partial charge in [0.2, 0.25) is 27.7 Å². The van der Waals surface area contributed by atoms with E-state index in [1.807, 2.05) is 30.3 Å².